The molecule has 0 heterocycles. The van der Waals surface area contributed by atoms with Crippen LogP contribution in [0, 0.1) is 11.6 Å². The van der Waals surface area contributed by atoms with Crippen LogP contribution in [0.4, 0.5) is 14.5 Å². The van der Waals surface area contributed by atoms with E-state index in [0.29, 0.717) is 11.3 Å². The Morgan fingerprint density at radius 3 is 2.30 bits per heavy atom. The molecule has 1 N–H and O–H groups in total. The van der Waals surface area contributed by atoms with Gasteiger partial charge in [0.25, 0.3) is 0 Å². The largest absolute Gasteiger partial charge is 0.376 e. The first-order valence-electron chi connectivity index (χ1n) is 5.74. The Bertz CT molecular complexity index is 626. The molecule has 0 spiro atoms. The number of rotatable bonds is 3. The first-order chi connectivity index (χ1) is 9.38. The third-order valence-corrected chi connectivity index (χ3v) is 3.88. The molecule has 0 aliphatic heterocycles. The maximum atomic E-state index is 13.8. The van der Waals surface area contributed by atoms with Crippen molar-refractivity contribution in [3.8, 4) is 0 Å². The molecule has 0 fully saturated rings. The lowest BCUT2D eigenvalue weighted by molar-refractivity contribution is 0.599. The Morgan fingerprint density at radius 2 is 1.70 bits per heavy atom. The van der Waals surface area contributed by atoms with Crippen LogP contribution >= 0.6 is 39.1 Å². The molecule has 0 saturated heterocycles. The summed E-state index contributed by atoms with van der Waals surface area (Å²) in [6.07, 6.45) is 0. The molecule has 2 aromatic rings. The standard InChI is InChI=1S/C14H10BrCl2F2N/c1-7(10-4-8(15)2-3-13(10)19)20-14-11(16)5-9(18)6-12(14)17/h2-7,20H,1H3. The second kappa shape index (κ2) is 6.29. The molecule has 0 saturated carbocycles. The minimum absolute atomic E-state index is 0.150. The van der Waals surface area contributed by atoms with E-state index in [0.717, 1.165) is 16.6 Å². The van der Waals surface area contributed by atoms with Crippen molar-refractivity contribution in [1.82, 2.24) is 0 Å². The molecular weight excluding hydrogens is 371 g/mol. The average Bonchev–Trinajstić information content (AvgIpc) is 2.36. The predicted molar refractivity (Wildman–Crippen MR) is 82.6 cm³/mol. The van der Waals surface area contributed by atoms with Gasteiger partial charge in [-0.1, -0.05) is 39.1 Å². The van der Waals surface area contributed by atoms with Gasteiger partial charge in [0.15, 0.2) is 0 Å². The van der Waals surface area contributed by atoms with E-state index in [4.69, 9.17) is 23.2 Å². The summed E-state index contributed by atoms with van der Waals surface area (Å²) in [7, 11) is 0. The van der Waals surface area contributed by atoms with Gasteiger partial charge in [0.05, 0.1) is 21.8 Å². The number of nitrogens with one attached hydrogen (secondary N) is 1. The molecule has 1 unspecified atom stereocenters. The van der Waals surface area contributed by atoms with E-state index in [1.807, 2.05) is 0 Å². The number of anilines is 1. The van der Waals surface area contributed by atoms with Crippen LogP contribution in [0.2, 0.25) is 10.0 Å². The van der Waals surface area contributed by atoms with Gasteiger partial charge in [-0.25, -0.2) is 8.78 Å². The van der Waals surface area contributed by atoms with Gasteiger partial charge in [-0.05, 0) is 37.3 Å². The molecule has 0 amide bonds. The van der Waals surface area contributed by atoms with E-state index < -0.39 is 5.82 Å². The Labute approximate surface area is 134 Å². The van der Waals surface area contributed by atoms with Crippen LogP contribution < -0.4 is 5.32 Å². The molecule has 2 aromatic carbocycles. The van der Waals surface area contributed by atoms with Gasteiger partial charge in [-0.3, -0.25) is 0 Å². The van der Waals surface area contributed by atoms with E-state index in [1.54, 1.807) is 19.1 Å². The van der Waals surface area contributed by atoms with Gasteiger partial charge in [0.2, 0.25) is 0 Å². The summed E-state index contributed by atoms with van der Waals surface area (Å²) in [6, 6.07) is 6.57. The Balaban J connectivity index is 2.32. The fraction of sp³-hybridized carbons (Fsp3) is 0.143. The van der Waals surface area contributed by atoms with Crippen molar-refractivity contribution in [3.63, 3.8) is 0 Å². The smallest absolute Gasteiger partial charge is 0.128 e. The van der Waals surface area contributed by atoms with Gasteiger partial charge in [0.1, 0.15) is 11.6 Å². The lowest BCUT2D eigenvalue weighted by Gasteiger charge is -2.18. The summed E-state index contributed by atoms with van der Waals surface area (Å²) < 4.78 is 27.7. The van der Waals surface area contributed by atoms with Crippen LogP contribution in [0.1, 0.15) is 18.5 Å². The van der Waals surface area contributed by atoms with Crippen molar-refractivity contribution in [2.75, 3.05) is 5.32 Å². The zero-order valence-electron chi connectivity index (χ0n) is 10.4. The van der Waals surface area contributed by atoms with E-state index in [9.17, 15) is 8.78 Å². The van der Waals surface area contributed by atoms with Crippen LogP contribution in [0.25, 0.3) is 0 Å². The second-order valence-electron chi connectivity index (χ2n) is 4.28. The van der Waals surface area contributed by atoms with Crippen LogP contribution in [0.5, 0.6) is 0 Å². The molecule has 0 bridgehead atoms. The molecule has 1 nitrogen and oxygen atoms in total. The van der Waals surface area contributed by atoms with Crippen molar-refractivity contribution < 1.29 is 8.78 Å². The monoisotopic (exact) mass is 379 g/mol. The van der Waals surface area contributed by atoms with E-state index in [2.05, 4.69) is 21.2 Å². The average molecular weight is 381 g/mol. The summed E-state index contributed by atoms with van der Waals surface area (Å²) in [5, 5.41) is 3.30. The van der Waals surface area contributed by atoms with Crippen LogP contribution in [0.3, 0.4) is 0 Å². The second-order valence-corrected chi connectivity index (χ2v) is 6.01. The van der Waals surface area contributed by atoms with Crippen LogP contribution in [0.15, 0.2) is 34.8 Å². The lowest BCUT2D eigenvalue weighted by Crippen LogP contribution is -2.09. The summed E-state index contributed by atoms with van der Waals surface area (Å²) >= 11 is 15.2. The topological polar surface area (TPSA) is 12.0 Å². The quantitative estimate of drug-likeness (QED) is 0.667. The van der Waals surface area contributed by atoms with Gasteiger partial charge in [-0.15, -0.1) is 0 Å². The highest BCUT2D eigenvalue weighted by atomic mass is 79.9. The van der Waals surface area contributed by atoms with Crippen molar-refractivity contribution in [2.24, 2.45) is 0 Å². The third-order valence-electron chi connectivity index (χ3n) is 2.79. The summed E-state index contributed by atoms with van der Waals surface area (Å²) in [4.78, 5) is 0. The van der Waals surface area contributed by atoms with E-state index in [1.165, 1.54) is 6.07 Å². The predicted octanol–water partition coefficient (Wildman–Crippen LogP) is 6.21. The van der Waals surface area contributed by atoms with Gasteiger partial charge in [0, 0.05) is 10.0 Å². The van der Waals surface area contributed by atoms with Crippen LogP contribution in [-0.2, 0) is 0 Å². The molecule has 0 aliphatic rings. The normalized spacial score (nSPS) is 12.3. The molecule has 20 heavy (non-hydrogen) atoms. The number of hydrogen-bond acceptors (Lipinski definition) is 1. The number of hydrogen-bond donors (Lipinski definition) is 1. The number of halogens is 5. The molecular formula is C14H10BrCl2F2N. The Kier molecular flexibility index (Phi) is 4.89. The molecule has 0 aromatic heterocycles. The van der Waals surface area contributed by atoms with Crippen molar-refractivity contribution >= 4 is 44.8 Å². The van der Waals surface area contributed by atoms with Gasteiger partial charge >= 0.3 is 0 Å². The maximum Gasteiger partial charge on any atom is 0.128 e. The van der Waals surface area contributed by atoms with E-state index >= 15 is 0 Å². The Morgan fingerprint density at radius 1 is 1.10 bits per heavy atom. The molecule has 106 valence electrons. The summed E-state index contributed by atoms with van der Waals surface area (Å²) in [5.74, 6) is -0.866. The summed E-state index contributed by atoms with van der Waals surface area (Å²) in [5.41, 5.74) is 0.831. The van der Waals surface area contributed by atoms with Crippen molar-refractivity contribution in [2.45, 2.75) is 13.0 Å². The fourth-order valence-corrected chi connectivity index (χ4v) is 2.77. The minimum atomic E-state index is -0.521. The SMILES string of the molecule is CC(Nc1c(Cl)cc(F)cc1Cl)c1cc(Br)ccc1F. The van der Waals surface area contributed by atoms with Gasteiger partial charge in [-0.2, -0.15) is 0 Å². The highest BCUT2D eigenvalue weighted by Gasteiger charge is 2.15. The fourth-order valence-electron chi connectivity index (χ4n) is 1.82. The van der Waals surface area contributed by atoms with Crippen molar-refractivity contribution in [3.05, 3.63) is 62.0 Å². The zero-order chi connectivity index (χ0) is 14.9. The molecule has 6 heteroatoms. The highest BCUT2D eigenvalue weighted by Crippen LogP contribution is 2.34. The number of benzene rings is 2. The Hall–Kier alpha value is -0.840. The highest BCUT2D eigenvalue weighted by molar-refractivity contribution is 9.10. The van der Waals surface area contributed by atoms with E-state index in [-0.39, 0.29) is 21.9 Å². The molecule has 0 aliphatic carbocycles. The van der Waals surface area contributed by atoms with Gasteiger partial charge < -0.3 is 5.32 Å². The lowest BCUT2D eigenvalue weighted by atomic mass is 10.1. The molecule has 0 radical (unpaired) electrons. The molecule has 2 rings (SSSR count). The first kappa shape index (κ1) is 15.5. The maximum absolute atomic E-state index is 13.8. The third kappa shape index (κ3) is 3.43. The minimum Gasteiger partial charge on any atom is -0.376 e. The van der Waals surface area contributed by atoms with Crippen molar-refractivity contribution in [1.29, 1.82) is 0 Å². The zero-order valence-corrected chi connectivity index (χ0v) is 13.5. The first-order valence-corrected chi connectivity index (χ1v) is 7.29. The summed E-state index contributed by atoms with van der Waals surface area (Å²) in [6.45, 7) is 1.76. The molecule has 1 atom stereocenters. The van der Waals surface area contributed by atoms with Crippen LogP contribution in [-0.4, -0.2) is 0 Å².